The Kier molecular flexibility index (Phi) is 11.0. The predicted octanol–water partition coefficient (Wildman–Crippen LogP) is 3.22. The van der Waals surface area contributed by atoms with Crippen LogP contribution in [0.2, 0.25) is 0 Å². The highest BCUT2D eigenvalue weighted by Gasteiger charge is 2.25. The molecule has 0 aromatic carbocycles. The number of hydrogen-bond acceptors (Lipinski definition) is 4. The fourth-order valence-corrected chi connectivity index (χ4v) is 2.58. The Balaban J connectivity index is 3.90. The van der Waals surface area contributed by atoms with Crippen molar-refractivity contribution >= 4 is 7.82 Å². The predicted molar refractivity (Wildman–Crippen MR) is 73.4 cm³/mol. The highest BCUT2D eigenvalue weighted by Crippen LogP contribution is 2.45. The average Bonchev–Trinajstić information content (AvgIpc) is 2.33. The van der Waals surface area contributed by atoms with Gasteiger partial charge in [0.1, 0.15) is 0 Å². The van der Waals surface area contributed by atoms with Gasteiger partial charge in [0.2, 0.25) is 0 Å². The maximum atomic E-state index is 11.6. The summed E-state index contributed by atoms with van der Waals surface area (Å²) in [4.78, 5) is 9.53. The van der Waals surface area contributed by atoms with E-state index in [1.54, 1.807) is 0 Å². The molecule has 0 heterocycles. The highest BCUT2D eigenvalue weighted by atomic mass is 31.2. The second-order valence-electron chi connectivity index (χ2n) is 4.47. The Hall–Kier alpha value is 0.0700. The third-order valence-electron chi connectivity index (χ3n) is 2.68. The molecule has 0 saturated heterocycles. The first-order chi connectivity index (χ1) is 8.55. The lowest BCUT2D eigenvalue weighted by Crippen LogP contribution is -2.23. The number of phosphoric acid groups is 1. The Morgan fingerprint density at radius 3 is 2.33 bits per heavy atom. The van der Waals surface area contributed by atoms with Crippen LogP contribution >= 0.6 is 7.82 Å². The van der Waals surface area contributed by atoms with Gasteiger partial charge in [-0.25, -0.2) is 4.57 Å². The van der Waals surface area contributed by atoms with E-state index in [-0.39, 0.29) is 13.2 Å². The molecule has 0 aliphatic rings. The molecule has 2 unspecified atom stereocenters. The van der Waals surface area contributed by atoms with Crippen molar-refractivity contribution in [1.82, 2.24) is 0 Å². The number of hydrogen-bond donors (Lipinski definition) is 2. The average molecular weight is 281 g/mol. The van der Waals surface area contributed by atoms with Gasteiger partial charge in [-0.3, -0.25) is 9.05 Å². The molecule has 0 aliphatic carbocycles. The fraction of sp³-hybridized carbons (Fsp3) is 1.00. The Labute approximate surface area is 111 Å². The maximum absolute atomic E-state index is 11.6. The molecular weight excluding hydrogens is 253 g/mol. The quantitative estimate of drug-likeness (QED) is 0.424. The first-order valence-electron chi connectivity index (χ1n) is 6.91. The van der Waals surface area contributed by atoms with E-state index in [1.807, 2.05) is 0 Å². The van der Waals surface area contributed by atoms with Gasteiger partial charge in [-0.05, 0) is 12.8 Å². The van der Waals surface area contributed by atoms with Crippen LogP contribution in [0.25, 0.3) is 0 Å². The minimum Gasteiger partial charge on any atom is -0.328 e. The molecule has 0 aromatic heterocycles. The molecule has 3 N–H and O–H groups in total. The number of phosphoric ester groups is 1. The zero-order valence-electron chi connectivity index (χ0n) is 11.6. The SMILES string of the molecule is CCCCCOP(=O)(O)OC(CN)CCCCC. The molecule has 0 aliphatic heterocycles. The molecule has 2 atom stereocenters. The lowest BCUT2D eigenvalue weighted by molar-refractivity contribution is 0.100. The molecule has 0 bridgehead atoms. The smallest absolute Gasteiger partial charge is 0.328 e. The molecule has 6 heteroatoms. The Morgan fingerprint density at radius 2 is 1.78 bits per heavy atom. The molecular formula is C12H28NO4P. The largest absolute Gasteiger partial charge is 0.472 e. The van der Waals surface area contributed by atoms with E-state index in [4.69, 9.17) is 14.8 Å². The molecule has 0 rings (SSSR count). The summed E-state index contributed by atoms with van der Waals surface area (Å²) in [5.41, 5.74) is 5.53. The second-order valence-corrected chi connectivity index (χ2v) is 5.87. The van der Waals surface area contributed by atoms with Gasteiger partial charge in [0.05, 0.1) is 12.7 Å². The van der Waals surface area contributed by atoms with Crippen LogP contribution in [-0.4, -0.2) is 24.1 Å². The summed E-state index contributed by atoms with van der Waals surface area (Å²) >= 11 is 0. The Bertz CT molecular complexity index is 238. The van der Waals surface area contributed by atoms with Crippen molar-refractivity contribution in [2.24, 2.45) is 5.73 Å². The topological polar surface area (TPSA) is 81.8 Å². The molecule has 0 aromatic rings. The molecule has 18 heavy (non-hydrogen) atoms. The van der Waals surface area contributed by atoms with Gasteiger partial charge < -0.3 is 10.6 Å². The minimum absolute atomic E-state index is 0.243. The third-order valence-corrected chi connectivity index (χ3v) is 3.75. The lowest BCUT2D eigenvalue weighted by atomic mass is 10.1. The number of rotatable bonds is 12. The monoisotopic (exact) mass is 281 g/mol. The van der Waals surface area contributed by atoms with Crippen LogP contribution in [0.5, 0.6) is 0 Å². The van der Waals surface area contributed by atoms with E-state index in [0.29, 0.717) is 6.42 Å². The van der Waals surface area contributed by atoms with E-state index in [2.05, 4.69) is 13.8 Å². The molecule has 0 amide bonds. The van der Waals surface area contributed by atoms with E-state index < -0.39 is 13.9 Å². The van der Waals surface area contributed by atoms with Crippen molar-refractivity contribution < 1.29 is 18.5 Å². The van der Waals surface area contributed by atoms with Crippen molar-refractivity contribution in [2.45, 2.75) is 64.9 Å². The van der Waals surface area contributed by atoms with E-state index in [0.717, 1.165) is 38.5 Å². The van der Waals surface area contributed by atoms with Crippen molar-refractivity contribution in [2.75, 3.05) is 13.2 Å². The normalized spacial score (nSPS) is 16.4. The second kappa shape index (κ2) is 10.9. The molecule has 0 saturated carbocycles. The first-order valence-corrected chi connectivity index (χ1v) is 8.41. The van der Waals surface area contributed by atoms with Crippen molar-refractivity contribution in [3.8, 4) is 0 Å². The molecule has 110 valence electrons. The van der Waals surface area contributed by atoms with Crippen LogP contribution in [0.3, 0.4) is 0 Å². The summed E-state index contributed by atoms with van der Waals surface area (Å²) in [6.07, 6.45) is 6.24. The van der Waals surface area contributed by atoms with Gasteiger partial charge in [-0.15, -0.1) is 0 Å². The van der Waals surface area contributed by atoms with Gasteiger partial charge in [0, 0.05) is 6.54 Å². The molecule has 5 nitrogen and oxygen atoms in total. The maximum Gasteiger partial charge on any atom is 0.472 e. The summed E-state index contributed by atoms with van der Waals surface area (Å²) in [6, 6.07) is 0. The van der Waals surface area contributed by atoms with Gasteiger partial charge in [-0.2, -0.15) is 0 Å². The summed E-state index contributed by atoms with van der Waals surface area (Å²) in [5, 5.41) is 0. The van der Waals surface area contributed by atoms with Gasteiger partial charge in [0.15, 0.2) is 0 Å². The van der Waals surface area contributed by atoms with E-state index >= 15 is 0 Å². The summed E-state index contributed by atoms with van der Waals surface area (Å²) in [6.45, 7) is 4.67. The van der Waals surface area contributed by atoms with Gasteiger partial charge in [0.25, 0.3) is 0 Å². The molecule has 0 spiro atoms. The zero-order chi connectivity index (χ0) is 13.9. The van der Waals surface area contributed by atoms with Crippen molar-refractivity contribution in [3.05, 3.63) is 0 Å². The standard InChI is InChI=1S/C12H28NO4P/c1-3-5-7-9-12(11-13)17-18(14,15)16-10-8-6-4-2/h12H,3-11,13H2,1-2H3,(H,14,15). The number of nitrogens with two attached hydrogens (primary N) is 1. The van der Waals surface area contributed by atoms with E-state index in [1.165, 1.54) is 0 Å². The van der Waals surface area contributed by atoms with Crippen LogP contribution < -0.4 is 5.73 Å². The summed E-state index contributed by atoms with van der Waals surface area (Å²) in [7, 11) is -3.93. The summed E-state index contributed by atoms with van der Waals surface area (Å²) < 4.78 is 21.6. The van der Waals surface area contributed by atoms with Gasteiger partial charge in [-0.1, -0.05) is 46.0 Å². The number of unbranched alkanes of at least 4 members (excludes halogenated alkanes) is 4. The Morgan fingerprint density at radius 1 is 1.17 bits per heavy atom. The third kappa shape index (κ3) is 10.0. The minimum atomic E-state index is -3.93. The van der Waals surface area contributed by atoms with Crippen LogP contribution in [0, 0.1) is 0 Å². The molecule has 0 fully saturated rings. The first kappa shape index (κ1) is 18.1. The van der Waals surface area contributed by atoms with Crippen LogP contribution in [0.4, 0.5) is 0 Å². The van der Waals surface area contributed by atoms with Crippen LogP contribution in [-0.2, 0) is 13.6 Å². The fourth-order valence-electron chi connectivity index (χ4n) is 1.59. The van der Waals surface area contributed by atoms with Gasteiger partial charge >= 0.3 is 7.82 Å². The molecule has 0 radical (unpaired) electrons. The highest BCUT2D eigenvalue weighted by molar-refractivity contribution is 7.47. The lowest BCUT2D eigenvalue weighted by Gasteiger charge is -2.19. The van der Waals surface area contributed by atoms with Crippen LogP contribution in [0.1, 0.15) is 58.8 Å². The summed E-state index contributed by atoms with van der Waals surface area (Å²) in [5.74, 6) is 0. The zero-order valence-corrected chi connectivity index (χ0v) is 12.5. The van der Waals surface area contributed by atoms with Crippen molar-refractivity contribution in [1.29, 1.82) is 0 Å². The van der Waals surface area contributed by atoms with Crippen molar-refractivity contribution in [3.63, 3.8) is 0 Å². The van der Waals surface area contributed by atoms with Crippen LogP contribution in [0.15, 0.2) is 0 Å². The van der Waals surface area contributed by atoms with E-state index in [9.17, 15) is 9.46 Å².